The molecule has 0 unspecified atom stereocenters. The van der Waals surface area contributed by atoms with Gasteiger partial charge < -0.3 is 5.32 Å². The minimum atomic E-state index is 0.476. The third kappa shape index (κ3) is 3.02. The van der Waals surface area contributed by atoms with Gasteiger partial charge in [0.1, 0.15) is 17.6 Å². The number of nitrogens with zero attached hydrogens (tertiary/aromatic N) is 3. The number of rotatable bonds is 4. The minimum absolute atomic E-state index is 0.476. The zero-order chi connectivity index (χ0) is 12.1. The maximum atomic E-state index is 8.87. The molecule has 0 atom stereocenters. The summed E-state index contributed by atoms with van der Waals surface area (Å²) < 4.78 is 0. The van der Waals surface area contributed by atoms with Gasteiger partial charge in [-0.15, -0.1) is 11.3 Å². The molecule has 0 aliphatic carbocycles. The summed E-state index contributed by atoms with van der Waals surface area (Å²) in [5, 5.41) is 14.1. The van der Waals surface area contributed by atoms with Crippen LogP contribution >= 0.6 is 11.3 Å². The van der Waals surface area contributed by atoms with E-state index in [1.807, 2.05) is 29.9 Å². The predicted molar refractivity (Wildman–Crippen MR) is 68.0 cm³/mol. The Bertz CT molecular complexity index is 528. The molecule has 1 N–H and O–H groups in total. The summed E-state index contributed by atoms with van der Waals surface area (Å²) in [6, 6.07) is 5.86. The molecule has 2 heterocycles. The highest BCUT2D eigenvalue weighted by molar-refractivity contribution is 7.07. The second-order valence-electron chi connectivity index (χ2n) is 3.63. The lowest BCUT2D eigenvalue weighted by Crippen LogP contribution is -2.07. The van der Waals surface area contributed by atoms with E-state index in [1.165, 1.54) is 0 Å². The third-order valence-electron chi connectivity index (χ3n) is 2.37. The van der Waals surface area contributed by atoms with Gasteiger partial charge in [0.25, 0.3) is 0 Å². The molecule has 0 fully saturated rings. The molecule has 2 aromatic heterocycles. The molecular formula is C12H12N4S. The molecule has 5 heteroatoms. The molecule has 2 aromatic rings. The van der Waals surface area contributed by atoms with Crippen molar-refractivity contribution in [1.82, 2.24) is 9.97 Å². The summed E-state index contributed by atoms with van der Waals surface area (Å²) in [7, 11) is 0. The van der Waals surface area contributed by atoms with Crippen LogP contribution in [0, 0.1) is 18.3 Å². The second kappa shape index (κ2) is 5.41. The third-order valence-corrected chi connectivity index (χ3v) is 3.01. The first-order valence-corrected chi connectivity index (χ1v) is 6.22. The molecule has 0 radical (unpaired) electrons. The number of thiazole rings is 1. The van der Waals surface area contributed by atoms with Crippen LogP contribution in [-0.2, 0) is 6.42 Å². The van der Waals surface area contributed by atoms with Crippen LogP contribution in [0.2, 0.25) is 0 Å². The minimum Gasteiger partial charge on any atom is -0.370 e. The normalized spacial score (nSPS) is 9.88. The summed E-state index contributed by atoms with van der Waals surface area (Å²) in [5.74, 6) is 0.738. The lowest BCUT2D eigenvalue weighted by atomic mass is 10.2. The fraction of sp³-hybridized carbons (Fsp3) is 0.250. The lowest BCUT2D eigenvalue weighted by molar-refractivity contribution is 0.966. The Morgan fingerprint density at radius 2 is 2.35 bits per heavy atom. The van der Waals surface area contributed by atoms with E-state index in [1.54, 1.807) is 11.3 Å². The molecule has 0 spiro atoms. The van der Waals surface area contributed by atoms with Gasteiger partial charge in [-0.1, -0.05) is 6.07 Å². The molecule has 2 rings (SSSR count). The fourth-order valence-electron chi connectivity index (χ4n) is 1.42. The molecular weight excluding hydrogens is 232 g/mol. The van der Waals surface area contributed by atoms with E-state index in [4.69, 9.17) is 5.26 Å². The number of hydrogen-bond donors (Lipinski definition) is 1. The summed E-state index contributed by atoms with van der Waals surface area (Å²) in [5.41, 5.74) is 4.28. The molecule has 17 heavy (non-hydrogen) atoms. The molecule has 0 aromatic carbocycles. The summed E-state index contributed by atoms with van der Waals surface area (Å²) in [6.07, 6.45) is 0.862. The van der Waals surface area contributed by atoms with Gasteiger partial charge in [-0.05, 0) is 18.6 Å². The van der Waals surface area contributed by atoms with Crippen molar-refractivity contribution in [3.05, 3.63) is 40.0 Å². The number of hydrogen-bond acceptors (Lipinski definition) is 5. The SMILES string of the molecule is Cc1ccc(NCCc2cscn2)nc1C#N. The van der Waals surface area contributed by atoms with Crippen LogP contribution in [0.15, 0.2) is 23.0 Å². The van der Waals surface area contributed by atoms with Crippen LogP contribution in [0.1, 0.15) is 17.0 Å². The Hall–Kier alpha value is -1.93. The van der Waals surface area contributed by atoms with Crippen molar-refractivity contribution in [3.8, 4) is 6.07 Å². The average Bonchev–Trinajstić information content (AvgIpc) is 2.84. The molecule has 0 aliphatic rings. The Balaban J connectivity index is 1.93. The Labute approximate surface area is 104 Å². The van der Waals surface area contributed by atoms with Crippen LogP contribution in [-0.4, -0.2) is 16.5 Å². The van der Waals surface area contributed by atoms with Crippen LogP contribution in [0.4, 0.5) is 5.82 Å². The summed E-state index contributed by atoms with van der Waals surface area (Å²) in [6.45, 7) is 2.65. The van der Waals surface area contributed by atoms with Crippen molar-refractivity contribution in [1.29, 1.82) is 5.26 Å². The first-order valence-electron chi connectivity index (χ1n) is 5.28. The van der Waals surface area contributed by atoms with E-state index >= 15 is 0 Å². The van der Waals surface area contributed by atoms with Crippen molar-refractivity contribution in [3.63, 3.8) is 0 Å². The molecule has 0 aliphatic heterocycles. The van der Waals surface area contributed by atoms with Crippen molar-refractivity contribution in [2.24, 2.45) is 0 Å². The van der Waals surface area contributed by atoms with Crippen LogP contribution in [0.3, 0.4) is 0 Å². The van der Waals surface area contributed by atoms with Crippen molar-refractivity contribution >= 4 is 17.2 Å². The number of nitrogens with one attached hydrogen (secondary N) is 1. The van der Waals surface area contributed by atoms with Gasteiger partial charge in [0.05, 0.1) is 11.2 Å². The van der Waals surface area contributed by atoms with E-state index < -0.39 is 0 Å². The lowest BCUT2D eigenvalue weighted by Gasteiger charge is -2.05. The quantitative estimate of drug-likeness (QED) is 0.897. The predicted octanol–water partition coefficient (Wildman–Crippen LogP) is 2.37. The van der Waals surface area contributed by atoms with Gasteiger partial charge in [-0.3, -0.25) is 0 Å². The Morgan fingerprint density at radius 3 is 3.06 bits per heavy atom. The monoisotopic (exact) mass is 244 g/mol. The van der Waals surface area contributed by atoms with Gasteiger partial charge >= 0.3 is 0 Å². The number of anilines is 1. The molecule has 0 saturated carbocycles. The Morgan fingerprint density at radius 1 is 1.47 bits per heavy atom. The van der Waals surface area contributed by atoms with E-state index in [0.29, 0.717) is 5.69 Å². The van der Waals surface area contributed by atoms with Gasteiger partial charge in [-0.2, -0.15) is 5.26 Å². The molecule has 4 nitrogen and oxygen atoms in total. The van der Waals surface area contributed by atoms with E-state index in [9.17, 15) is 0 Å². The highest BCUT2D eigenvalue weighted by Crippen LogP contribution is 2.09. The van der Waals surface area contributed by atoms with Gasteiger partial charge in [0, 0.05) is 18.3 Å². The standard InChI is InChI=1S/C12H12N4S/c1-9-2-3-12(16-11(9)6-13)14-5-4-10-7-17-8-15-10/h2-3,7-8H,4-5H2,1H3,(H,14,16). The van der Waals surface area contributed by atoms with Crippen molar-refractivity contribution < 1.29 is 0 Å². The topological polar surface area (TPSA) is 61.6 Å². The molecule has 0 bridgehead atoms. The van der Waals surface area contributed by atoms with Crippen LogP contribution < -0.4 is 5.32 Å². The van der Waals surface area contributed by atoms with Crippen LogP contribution in [0.5, 0.6) is 0 Å². The van der Waals surface area contributed by atoms with Crippen molar-refractivity contribution in [2.75, 3.05) is 11.9 Å². The average molecular weight is 244 g/mol. The van der Waals surface area contributed by atoms with Crippen LogP contribution in [0.25, 0.3) is 0 Å². The van der Waals surface area contributed by atoms with Gasteiger partial charge in [0.15, 0.2) is 0 Å². The van der Waals surface area contributed by atoms with E-state index in [2.05, 4.69) is 21.4 Å². The number of aromatic nitrogens is 2. The molecule has 86 valence electrons. The zero-order valence-corrected chi connectivity index (χ0v) is 10.3. The van der Waals surface area contributed by atoms with Crippen molar-refractivity contribution in [2.45, 2.75) is 13.3 Å². The van der Waals surface area contributed by atoms with E-state index in [-0.39, 0.29) is 0 Å². The molecule has 0 saturated heterocycles. The second-order valence-corrected chi connectivity index (χ2v) is 4.35. The zero-order valence-electron chi connectivity index (χ0n) is 9.47. The maximum Gasteiger partial charge on any atom is 0.145 e. The summed E-state index contributed by atoms with van der Waals surface area (Å²) >= 11 is 1.60. The smallest absolute Gasteiger partial charge is 0.145 e. The maximum absolute atomic E-state index is 8.87. The molecule has 0 amide bonds. The van der Waals surface area contributed by atoms with Gasteiger partial charge in [0.2, 0.25) is 0 Å². The Kier molecular flexibility index (Phi) is 3.68. The first-order chi connectivity index (χ1) is 8.29. The number of aryl methyl sites for hydroxylation is 1. The van der Waals surface area contributed by atoms with E-state index in [0.717, 1.165) is 30.0 Å². The largest absolute Gasteiger partial charge is 0.370 e. The fourth-order valence-corrected chi connectivity index (χ4v) is 2.01. The van der Waals surface area contributed by atoms with Gasteiger partial charge in [-0.25, -0.2) is 9.97 Å². The summed E-state index contributed by atoms with van der Waals surface area (Å²) in [4.78, 5) is 8.42. The first kappa shape index (κ1) is 11.6. The number of nitriles is 1. The highest BCUT2D eigenvalue weighted by atomic mass is 32.1. The number of pyridine rings is 1. The highest BCUT2D eigenvalue weighted by Gasteiger charge is 2.01.